The maximum absolute atomic E-state index is 4.27. The van der Waals surface area contributed by atoms with Gasteiger partial charge in [0.25, 0.3) is 0 Å². The Hall–Kier alpha value is -0.350. The van der Waals surface area contributed by atoms with Gasteiger partial charge in [0.05, 0.1) is 0 Å². The van der Waals surface area contributed by atoms with Crippen molar-refractivity contribution in [3.8, 4) is 0 Å². The van der Waals surface area contributed by atoms with Crippen molar-refractivity contribution in [1.29, 1.82) is 0 Å². The largest absolute Gasteiger partial charge is 0.314 e. The number of unbranched alkanes of at least 4 members (excludes halogenated alkanes) is 1. The first-order valence-corrected chi connectivity index (χ1v) is 6.76. The molecule has 0 bridgehead atoms. The van der Waals surface area contributed by atoms with Gasteiger partial charge in [-0.15, -0.1) is 24.8 Å². The molecule has 0 saturated carbocycles. The molecule has 2 rings (SSSR count). The smallest absolute Gasteiger partial charge is 0.0364 e. The van der Waals surface area contributed by atoms with Gasteiger partial charge in [-0.1, -0.05) is 25.8 Å². The lowest BCUT2D eigenvalue weighted by Gasteiger charge is -2.35. The molecule has 0 amide bonds. The summed E-state index contributed by atoms with van der Waals surface area (Å²) < 4.78 is 0. The molecular weight excluding hydrogens is 281 g/mol. The minimum atomic E-state index is 0. The molecule has 1 fully saturated rings. The van der Waals surface area contributed by atoms with Gasteiger partial charge < -0.3 is 5.32 Å². The van der Waals surface area contributed by atoms with Gasteiger partial charge in [-0.05, 0) is 18.1 Å². The van der Waals surface area contributed by atoms with Gasteiger partial charge in [0.1, 0.15) is 0 Å². The van der Waals surface area contributed by atoms with E-state index < -0.39 is 0 Å². The molecule has 0 unspecified atom stereocenters. The molecular formula is C14H25Cl2N3. The Balaban J connectivity index is 0.00000162. The predicted octanol–water partition coefficient (Wildman–Crippen LogP) is 3.06. The second-order valence-electron chi connectivity index (χ2n) is 4.73. The normalized spacial score (nSPS) is 17.1. The molecule has 0 spiro atoms. The van der Waals surface area contributed by atoms with Crippen LogP contribution in [0.4, 0.5) is 0 Å². The van der Waals surface area contributed by atoms with Crippen molar-refractivity contribution < 1.29 is 0 Å². The van der Waals surface area contributed by atoms with E-state index in [1.807, 2.05) is 12.4 Å². The Bertz CT molecular complexity index is 316. The highest BCUT2D eigenvalue weighted by atomic mass is 35.5. The summed E-state index contributed by atoms with van der Waals surface area (Å²) in [5.41, 5.74) is 1.38. The first-order valence-electron chi connectivity index (χ1n) is 6.76. The van der Waals surface area contributed by atoms with E-state index in [2.05, 4.69) is 34.3 Å². The van der Waals surface area contributed by atoms with Gasteiger partial charge >= 0.3 is 0 Å². The van der Waals surface area contributed by atoms with Crippen molar-refractivity contribution >= 4 is 24.8 Å². The molecule has 5 heteroatoms. The zero-order valence-corrected chi connectivity index (χ0v) is 13.2. The highest BCUT2D eigenvalue weighted by molar-refractivity contribution is 5.85. The van der Waals surface area contributed by atoms with Crippen molar-refractivity contribution in [2.45, 2.75) is 32.2 Å². The third kappa shape index (κ3) is 5.65. The molecule has 0 aliphatic carbocycles. The Morgan fingerprint density at radius 2 is 2.05 bits per heavy atom. The molecule has 2 heterocycles. The zero-order chi connectivity index (χ0) is 11.9. The van der Waals surface area contributed by atoms with E-state index in [-0.39, 0.29) is 24.8 Å². The quantitative estimate of drug-likeness (QED) is 0.906. The van der Waals surface area contributed by atoms with Crippen molar-refractivity contribution in [3.63, 3.8) is 0 Å². The average molecular weight is 306 g/mol. The van der Waals surface area contributed by atoms with Crippen molar-refractivity contribution in [3.05, 3.63) is 30.1 Å². The summed E-state index contributed by atoms with van der Waals surface area (Å²) in [6.07, 6.45) is 7.70. The Morgan fingerprint density at radius 3 is 2.63 bits per heavy atom. The SMILES string of the molecule is CCCC[C@H](c1cccnc1)N1CCNCC1.Cl.Cl. The van der Waals surface area contributed by atoms with Crippen LogP contribution in [-0.2, 0) is 0 Å². The van der Waals surface area contributed by atoms with Crippen LogP contribution in [0.5, 0.6) is 0 Å². The molecule has 1 aromatic heterocycles. The number of nitrogens with one attached hydrogen (secondary N) is 1. The number of aromatic nitrogens is 1. The Morgan fingerprint density at radius 1 is 1.32 bits per heavy atom. The number of piperazine rings is 1. The third-order valence-corrected chi connectivity index (χ3v) is 3.49. The van der Waals surface area contributed by atoms with Crippen LogP contribution < -0.4 is 5.32 Å². The van der Waals surface area contributed by atoms with Crippen LogP contribution in [0.25, 0.3) is 0 Å². The monoisotopic (exact) mass is 305 g/mol. The van der Waals surface area contributed by atoms with Crippen LogP contribution in [0, 0.1) is 0 Å². The third-order valence-electron chi connectivity index (χ3n) is 3.49. The average Bonchev–Trinajstić information content (AvgIpc) is 2.42. The molecule has 19 heavy (non-hydrogen) atoms. The van der Waals surface area contributed by atoms with Gasteiger partial charge in [-0.25, -0.2) is 0 Å². The topological polar surface area (TPSA) is 28.2 Å². The maximum Gasteiger partial charge on any atom is 0.0364 e. The summed E-state index contributed by atoms with van der Waals surface area (Å²) in [7, 11) is 0. The summed E-state index contributed by atoms with van der Waals surface area (Å²) in [5.74, 6) is 0. The zero-order valence-electron chi connectivity index (χ0n) is 11.5. The van der Waals surface area contributed by atoms with Gasteiger partial charge in [0.15, 0.2) is 0 Å². The fraction of sp³-hybridized carbons (Fsp3) is 0.643. The fourth-order valence-electron chi connectivity index (χ4n) is 2.52. The molecule has 1 N–H and O–H groups in total. The summed E-state index contributed by atoms with van der Waals surface area (Å²) in [4.78, 5) is 6.87. The molecule has 1 aliphatic rings. The summed E-state index contributed by atoms with van der Waals surface area (Å²) in [5, 5.41) is 3.42. The second-order valence-corrected chi connectivity index (χ2v) is 4.73. The Labute approximate surface area is 129 Å². The number of hydrogen-bond acceptors (Lipinski definition) is 3. The lowest BCUT2D eigenvalue weighted by Crippen LogP contribution is -2.45. The summed E-state index contributed by atoms with van der Waals surface area (Å²) >= 11 is 0. The molecule has 0 radical (unpaired) electrons. The van der Waals surface area contributed by atoms with Crippen LogP contribution in [0.15, 0.2) is 24.5 Å². The van der Waals surface area contributed by atoms with E-state index in [0.717, 1.165) is 26.2 Å². The number of hydrogen-bond donors (Lipinski definition) is 1. The van der Waals surface area contributed by atoms with Gasteiger partial charge in [-0.3, -0.25) is 9.88 Å². The number of halogens is 2. The molecule has 1 atom stereocenters. The lowest BCUT2D eigenvalue weighted by atomic mass is 10.0. The molecule has 0 aromatic carbocycles. The maximum atomic E-state index is 4.27. The van der Waals surface area contributed by atoms with E-state index in [1.165, 1.54) is 24.8 Å². The van der Waals surface area contributed by atoms with Crippen molar-refractivity contribution in [1.82, 2.24) is 15.2 Å². The predicted molar refractivity (Wildman–Crippen MR) is 85.4 cm³/mol. The number of pyridine rings is 1. The van der Waals surface area contributed by atoms with E-state index >= 15 is 0 Å². The number of rotatable bonds is 5. The standard InChI is InChI=1S/C14H23N3.2ClH/c1-2-3-6-14(13-5-4-7-16-12-13)17-10-8-15-9-11-17;;/h4-5,7,12,14-15H,2-3,6,8-11H2,1H3;2*1H/t14-;;/m1../s1. The van der Waals surface area contributed by atoms with Crippen LogP contribution in [0.2, 0.25) is 0 Å². The molecule has 1 saturated heterocycles. The first-order chi connectivity index (χ1) is 8.42. The minimum absolute atomic E-state index is 0. The fourth-order valence-corrected chi connectivity index (χ4v) is 2.52. The number of nitrogens with zero attached hydrogens (tertiary/aromatic N) is 2. The van der Waals surface area contributed by atoms with Gasteiger partial charge in [0.2, 0.25) is 0 Å². The Kier molecular flexibility index (Phi) is 10.2. The van der Waals surface area contributed by atoms with Gasteiger partial charge in [0, 0.05) is 44.6 Å². The van der Waals surface area contributed by atoms with Crippen LogP contribution in [0.3, 0.4) is 0 Å². The van der Waals surface area contributed by atoms with Crippen LogP contribution >= 0.6 is 24.8 Å². The first kappa shape index (κ1) is 18.7. The summed E-state index contributed by atoms with van der Waals surface area (Å²) in [6, 6.07) is 4.83. The molecule has 110 valence electrons. The minimum Gasteiger partial charge on any atom is -0.314 e. The molecule has 1 aromatic rings. The van der Waals surface area contributed by atoms with Crippen LogP contribution in [0.1, 0.15) is 37.8 Å². The lowest BCUT2D eigenvalue weighted by molar-refractivity contribution is 0.163. The van der Waals surface area contributed by atoms with Crippen molar-refractivity contribution in [2.24, 2.45) is 0 Å². The molecule has 3 nitrogen and oxygen atoms in total. The highest BCUT2D eigenvalue weighted by Gasteiger charge is 2.21. The molecule has 1 aliphatic heterocycles. The van der Waals surface area contributed by atoms with E-state index in [0.29, 0.717) is 6.04 Å². The van der Waals surface area contributed by atoms with Gasteiger partial charge in [-0.2, -0.15) is 0 Å². The van der Waals surface area contributed by atoms with E-state index in [1.54, 1.807) is 0 Å². The highest BCUT2D eigenvalue weighted by Crippen LogP contribution is 2.25. The summed E-state index contributed by atoms with van der Waals surface area (Å²) in [6.45, 7) is 6.80. The van der Waals surface area contributed by atoms with E-state index in [4.69, 9.17) is 0 Å². The van der Waals surface area contributed by atoms with Crippen molar-refractivity contribution in [2.75, 3.05) is 26.2 Å². The second kappa shape index (κ2) is 10.4. The van der Waals surface area contributed by atoms with Crippen LogP contribution in [-0.4, -0.2) is 36.1 Å². The van der Waals surface area contributed by atoms with E-state index in [9.17, 15) is 0 Å².